The summed E-state index contributed by atoms with van der Waals surface area (Å²) < 4.78 is 16.3. The summed E-state index contributed by atoms with van der Waals surface area (Å²) in [5.41, 5.74) is 0.736. The van der Waals surface area contributed by atoms with E-state index in [2.05, 4.69) is 15.5 Å². The molecule has 1 aromatic rings. The molecular formula is C15H19N3O4S. The molecular weight excluding hydrogens is 318 g/mol. The zero-order valence-electron chi connectivity index (χ0n) is 13.1. The lowest BCUT2D eigenvalue weighted by Crippen LogP contribution is -2.19. The number of hydrogen-bond acceptors (Lipinski definition) is 7. The van der Waals surface area contributed by atoms with E-state index in [1.807, 2.05) is 25.1 Å². The van der Waals surface area contributed by atoms with Gasteiger partial charge in [0.25, 0.3) is 0 Å². The fraction of sp³-hybridized carbons (Fsp3) is 0.400. The van der Waals surface area contributed by atoms with Crippen molar-refractivity contribution < 1.29 is 19.0 Å². The summed E-state index contributed by atoms with van der Waals surface area (Å²) in [4.78, 5) is 11.1. The van der Waals surface area contributed by atoms with Crippen LogP contribution >= 0.6 is 11.8 Å². The van der Waals surface area contributed by atoms with Gasteiger partial charge in [0.1, 0.15) is 6.61 Å². The highest BCUT2D eigenvalue weighted by molar-refractivity contribution is 8.15. The smallest absolute Gasteiger partial charge is 0.236 e. The topological polar surface area (TPSA) is 81.5 Å². The highest BCUT2D eigenvalue weighted by Gasteiger charge is 2.16. The lowest BCUT2D eigenvalue weighted by molar-refractivity contribution is -0.116. The number of amides is 1. The molecule has 23 heavy (non-hydrogen) atoms. The molecule has 1 aliphatic heterocycles. The van der Waals surface area contributed by atoms with Crippen LogP contribution in [0.15, 0.2) is 28.4 Å². The molecule has 1 N–H and O–H groups in total. The Bertz CT molecular complexity index is 604. The predicted molar refractivity (Wildman–Crippen MR) is 90.6 cm³/mol. The summed E-state index contributed by atoms with van der Waals surface area (Å²) in [7, 11) is 1.58. The van der Waals surface area contributed by atoms with Gasteiger partial charge in [0.2, 0.25) is 5.91 Å². The predicted octanol–water partition coefficient (Wildman–Crippen LogP) is 1.66. The Hall–Kier alpha value is -2.06. The maximum atomic E-state index is 11.1. The first-order valence-electron chi connectivity index (χ1n) is 7.15. The molecule has 0 saturated carbocycles. The third-order valence-electron chi connectivity index (χ3n) is 2.84. The van der Waals surface area contributed by atoms with Crippen LogP contribution in [0, 0.1) is 0 Å². The Morgan fingerprint density at radius 2 is 2.26 bits per heavy atom. The number of thioether (sulfide) groups is 1. The highest BCUT2D eigenvalue weighted by atomic mass is 32.2. The molecule has 0 unspecified atom stereocenters. The van der Waals surface area contributed by atoms with E-state index in [1.165, 1.54) is 11.8 Å². The fourth-order valence-corrected chi connectivity index (χ4v) is 2.45. The summed E-state index contributed by atoms with van der Waals surface area (Å²) in [6, 6.07) is 5.50. The third-order valence-corrected chi connectivity index (χ3v) is 3.70. The van der Waals surface area contributed by atoms with Gasteiger partial charge in [-0.3, -0.25) is 4.79 Å². The van der Waals surface area contributed by atoms with Crippen LogP contribution in [0.4, 0.5) is 0 Å². The lowest BCUT2D eigenvalue weighted by Gasteiger charge is -2.12. The Balaban J connectivity index is 2.08. The van der Waals surface area contributed by atoms with Gasteiger partial charge in [0.05, 0.1) is 25.7 Å². The molecule has 0 atom stereocenters. The number of benzene rings is 1. The van der Waals surface area contributed by atoms with Crippen molar-refractivity contribution in [1.29, 1.82) is 0 Å². The van der Waals surface area contributed by atoms with E-state index in [9.17, 15) is 4.79 Å². The largest absolute Gasteiger partial charge is 0.493 e. The number of nitrogens with one attached hydrogen (secondary N) is 1. The molecule has 0 radical (unpaired) electrons. The summed E-state index contributed by atoms with van der Waals surface area (Å²) in [5, 5.41) is 11.1. The first-order valence-corrected chi connectivity index (χ1v) is 8.14. The van der Waals surface area contributed by atoms with Crippen LogP contribution in [0.2, 0.25) is 0 Å². The molecule has 0 spiro atoms. The number of carbonyl (C=O) groups is 1. The number of nitrogens with zero attached hydrogens (tertiary/aromatic N) is 2. The van der Waals surface area contributed by atoms with Gasteiger partial charge in [-0.1, -0.05) is 17.8 Å². The number of hydrogen-bond donors (Lipinski definition) is 1. The van der Waals surface area contributed by atoms with Crippen molar-refractivity contribution in [3.05, 3.63) is 23.8 Å². The van der Waals surface area contributed by atoms with Gasteiger partial charge in [0, 0.05) is 12.2 Å². The number of methoxy groups -OCH3 is 1. The number of rotatable bonds is 8. The van der Waals surface area contributed by atoms with Gasteiger partial charge in [-0.15, -0.1) is 5.10 Å². The normalized spacial score (nSPS) is 16.1. The Morgan fingerprint density at radius 1 is 1.39 bits per heavy atom. The maximum absolute atomic E-state index is 11.1. The SMILES string of the molecule is CCOCCOc1c(C=NN=C2NC(=O)CS2)cccc1OC. The van der Waals surface area contributed by atoms with Gasteiger partial charge in [0.15, 0.2) is 16.7 Å². The molecule has 7 nitrogen and oxygen atoms in total. The van der Waals surface area contributed by atoms with Gasteiger partial charge in [-0.05, 0) is 19.1 Å². The van der Waals surface area contributed by atoms with E-state index in [-0.39, 0.29) is 5.91 Å². The van der Waals surface area contributed by atoms with Crippen molar-refractivity contribution in [2.24, 2.45) is 10.2 Å². The van der Waals surface area contributed by atoms with Crippen molar-refractivity contribution in [1.82, 2.24) is 5.32 Å². The second-order valence-corrected chi connectivity index (χ2v) is 5.37. The standard InChI is InChI=1S/C15H19N3O4S/c1-3-21-7-8-22-14-11(5-4-6-12(14)20-2)9-16-18-15-17-13(19)10-23-15/h4-6,9H,3,7-8,10H2,1-2H3,(H,17,18,19). The zero-order valence-corrected chi connectivity index (χ0v) is 13.9. The highest BCUT2D eigenvalue weighted by Crippen LogP contribution is 2.30. The molecule has 1 heterocycles. The van der Waals surface area contributed by atoms with E-state index in [0.29, 0.717) is 42.2 Å². The maximum Gasteiger partial charge on any atom is 0.236 e. The van der Waals surface area contributed by atoms with E-state index in [0.717, 1.165) is 5.56 Å². The van der Waals surface area contributed by atoms with Gasteiger partial charge in [-0.25, -0.2) is 0 Å². The Labute approximate surface area is 139 Å². The van der Waals surface area contributed by atoms with Crippen LogP contribution < -0.4 is 14.8 Å². The summed E-state index contributed by atoms with van der Waals surface area (Å²) >= 11 is 1.32. The van der Waals surface area contributed by atoms with Crippen molar-refractivity contribution in [2.75, 3.05) is 32.7 Å². The summed E-state index contributed by atoms with van der Waals surface area (Å²) in [6.07, 6.45) is 1.57. The minimum atomic E-state index is -0.0646. The van der Waals surface area contributed by atoms with E-state index in [1.54, 1.807) is 13.3 Å². The molecule has 124 valence electrons. The Kier molecular flexibility index (Phi) is 6.89. The molecule has 1 saturated heterocycles. The molecule has 1 amide bonds. The van der Waals surface area contributed by atoms with Crippen LogP contribution in [0.1, 0.15) is 12.5 Å². The zero-order chi connectivity index (χ0) is 16.5. The fourth-order valence-electron chi connectivity index (χ4n) is 1.82. The molecule has 0 aliphatic carbocycles. The number of para-hydroxylation sites is 1. The van der Waals surface area contributed by atoms with Crippen molar-refractivity contribution in [3.63, 3.8) is 0 Å². The monoisotopic (exact) mass is 337 g/mol. The van der Waals surface area contributed by atoms with Crippen molar-refractivity contribution in [3.8, 4) is 11.5 Å². The molecule has 1 fully saturated rings. The van der Waals surface area contributed by atoms with Gasteiger partial charge in [-0.2, -0.15) is 5.10 Å². The van der Waals surface area contributed by atoms with Crippen molar-refractivity contribution >= 4 is 29.1 Å². The van der Waals surface area contributed by atoms with Crippen LogP contribution in [0.25, 0.3) is 0 Å². The van der Waals surface area contributed by atoms with Crippen molar-refractivity contribution in [2.45, 2.75) is 6.92 Å². The minimum absolute atomic E-state index is 0.0646. The van der Waals surface area contributed by atoms with Crippen LogP contribution in [-0.2, 0) is 9.53 Å². The first kappa shape index (κ1) is 17.3. The molecule has 2 rings (SSSR count). The van der Waals surface area contributed by atoms with E-state index >= 15 is 0 Å². The number of amidine groups is 1. The molecule has 0 bridgehead atoms. The molecule has 0 aromatic heterocycles. The Morgan fingerprint density at radius 3 is 2.96 bits per heavy atom. The van der Waals surface area contributed by atoms with E-state index in [4.69, 9.17) is 14.2 Å². The van der Waals surface area contributed by atoms with Crippen LogP contribution in [0.3, 0.4) is 0 Å². The van der Waals surface area contributed by atoms with Crippen LogP contribution in [0.5, 0.6) is 11.5 Å². The third kappa shape index (κ3) is 5.26. The average molecular weight is 337 g/mol. The average Bonchev–Trinajstić information content (AvgIpc) is 2.97. The molecule has 1 aliphatic rings. The lowest BCUT2D eigenvalue weighted by atomic mass is 10.2. The summed E-state index contributed by atoms with van der Waals surface area (Å²) in [5.74, 6) is 1.51. The second-order valence-electron chi connectivity index (χ2n) is 4.41. The molecule has 1 aromatic carbocycles. The van der Waals surface area contributed by atoms with E-state index < -0.39 is 0 Å². The quantitative estimate of drug-likeness (QED) is 0.443. The van der Waals surface area contributed by atoms with Crippen LogP contribution in [-0.4, -0.2) is 50.0 Å². The van der Waals surface area contributed by atoms with Gasteiger partial charge >= 0.3 is 0 Å². The first-order chi connectivity index (χ1) is 11.2. The minimum Gasteiger partial charge on any atom is -0.493 e. The molecule has 8 heteroatoms. The number of carbonyl (C=O) groups excluding carboxylic acids is 1. The second kappa shape index (κ2) is 9.16. The number of ether oxygens (including phenoxy) is 3. The van der Waals surface area contributed by atoms with Gasteiger partial charge < -0.3 is 19.5 Å². The summed E-state index contributed by atoms with van der Waals surface area (Å²) in [6.45, 7) is 3.48.